The number of fused-ring (bicyclic) bond motifs is 1. The molecule has 6 nitrogen and oxygen atoms in total. The van der Waals surface area contributed by atoms with E-state index in [0.29, 0.717) is 19.6 Å². The summed E-state index contributed by atoms with van der Waals surface area (Å²) in [5, 5.41) is 13.8. The highest BCUT2D eigenvalue weighted by Gasteiger charge is 2.22. The summed E-state index contributed by atoms with van der Waals surface area (Å²) >= 11 is 1.81. The number of non-ortho nitro benzene ring substituents is 1. The third-order valence-electron chi connectivity index (χ3n) is 3.75. The number of urea groups is 1. The first kappa shape index (κ1) is 16.6. The molecule has 1 aromatic carbocycles. The SMILES string of the molecule is CSCCCCNC(=O)N1CCc2ccc([N+](=O)[O-])cc2C1. The first-order chi connectivity index (χ1) is 10.6. The summed E-state index contributed by atoms with van der Waals surface area (Å²) in [6.45, 7) is 1.77. The van der Waals surface area contributed by atoms with Gasteiger partial charge in [-0.2, -0.15) is 11.8 Å². The largest absolute Gasteiger partial charge is 0.338 e. The van der Waals surface area contributed by atoms with E-state index in [4.69, 9.17) is 0 Å². The normalized spacial score (nSPS) is 13.6. The van der Waals surface area contributed by atoms with Crippen molar-refractivity contribution in [1.29, 1.82) is 0 Å². The number of benzene rings is 1. The fraction of sp³-hybridized carbons (Fsp3) is 0.533. The van der Waals surface area contributed by atoms with Crippen molar-refractivity contribution in [2.45, 2.75) is 25.8 Å². The molecule has 0 unspecified atom stereocenters. The van der Waals surface area contributed by atoms with Crippen molar-refractivity contribution in [3.05, 3.63) is 39.4 Å². The number of hydrogen-bond acceptors (Lipinski definition) is 4. The highest BCUT2D eigenvalue weighted by molar-refractivity contribution is 7.98. The summed E-state index contributed by atoms with van der Waals surface area (Å²) in [6, 6.07) is 4.82. The summed E-state index contributed by atoms with van der Waals surface area (Å²) < 4.78 is 0. The maximum absolute atomic E-state index is 12.1. The van der Waals surface area contributed by atoms with Crippen LogP contribution in [0.5, 0.6) is 0 Å². The molecule has 0 radical (unpaired) electrons. The van der Waals surface area contributed by atoms with Crippen LogP contribution in [-0.2, 0) is 13.0 Å². The average Bonchev–Trinajstić information content (AvgIpc) is 2.53. The predicted molar refractivity (Wildman–Crippen MR) is 88.2 cm³/mol. The molecule has 22 heavy (non-hydrogen) atoms. The number of nitrogens with zero attached hydrogens (tertiary/aromatic N) is 2. The molecule has 2 rings (SSSR count). The third-order valence-corrected chi connectivity index (χ3v) is 4.45. The Bertz CT molecular complexity index is 551. The Morgan fingerprint density at radius 2 is 2.23 bits per heavy atom. The second-order valence-corrected chi connectivity index (χ2v) is 6.30. The van der Waals surface area contributed by atoms with Gasteiger partial charge in [0.2, 0.25) is 0 Å². The van der Waals surface area contributed by atoms with Gasteiger partial charge in [0.05, 0.1) is 4.92 Å². The van der Waals surface area contributed by atoms with Crippen LogP contribution in [0.15, 0.2) is 18.2 Å². The molecule has 2 amide bonds. The van der Waals surface area contributed by atoms with Gasteiger partial charge in [-0.25, -0.2) is 4.79 Å². The summed E-state index contributed by atoms with van der Waals surface area (Å²) in [4.78, 5) is 24.3. The second kappa shape index (κ2) is 8.03. The quantitative estimate of drug-likeness (QED) is 0.496. The molecule has 1 heterocycles. The van der Waals surface area contributed by atoms with E-state index in [1.807, 2.05) is 0 Å². The third kappa shape index (κ3) is 4.37. The van der Waals surface area contributed by atoms with Crippen LogP contribution in [0, 0.1) is 10.1 Å². The van der Waals surface area contributed by atoms with Crippen molar-refractivity contribution >= 4 is 23.5 Å². The van der Waals surface area contributed by atoms with Crippen molar-refractivity contribution in [2.75, 3.05) is 25.1 Å². The molecule has 120 valence electrons. The van der Waals surface area contributed by atoms with Gasteiger partial charge in [0, 0.05) is 31.8 Å². The molecule has 0 aliphatic carbocycles. The van der Waals surface area contributed by atoms with Crippen LogP contribution in [0.4, 0.5) is 10.5 Å². The van der Waals surface area contributed by atoms with E-state index < -0.39 is 4.92 Å². The van der Waals surface area contributed by atoms with Crippen LogP contribution >= 0.6 is 11.8 Å². The Balaban J connectivity index is 1.89. The van der Waals surface area contributed by atoms with E-state index in [1.165, 1.54) is 6.07 Å². The number of carbonyl (C=O) groups excluding carboxylic acids is 1. The van der Waals surface area contributed by atoms with Gasteiger partial charge in [-0.05, 0) is 42.4 Å². The molecule has 1 aliphatic rings. The van der Waals surface area contributed by atoms with E-state index in [1.54, 1.807) is 28.8 Å². The molecular formula is C15H21N3O3S. The fourth-order valence-corrected chi connectivity index (χ4v) is 3.00. The van der Waals surface area contributed by atoms with Crippen LogP contribution in [0.2, 0.25) is 0 Å². The molecule has 7 heteroatoms. The Morgan fingerprint density at radius 3 is 2.95 bits per heavy atom. The lowest BCUT2D eigenvalue weighted by Gasteiger charge is -2.28. The van der Waals surface area contributed by atoms with E-state index in [2.05, 4.69) is 11.6 Å². The van der Waals surface area contributed by atoms with Crippen molar-refractivity contribution in [3.63, 3.8) is 0 Å². The van der Waals surface area contributed by atoms with Crippen LogP contribution < -0.4 is 5.32 Å². The van der Waals surface area contributed by atoms with Gasteiger partial charge in [-0.3, -0.25) is 10.1 Å². The topological polar surface area (TPSA) is 75.5 Å². The van der Waals surface area contributed by atoms with Crippen LogP contribution in [-0.4, -0.2) is 41.0 Å². The van der Waals surface area contributed by atoms with Crippen LogP contribution in [0.25, 0.3) is 0 Å². The monoisotopic (exact) mass is 323 g/mol. The molecule has 0 bridgehead atoms. The highest BCUT2D eigenvalue weighted by Crippen LogP contribution is 2.23. The van der Waals surface area contributed by atoms with E-state index in [9.17, 15) is 14.9 Å². The van der Waals surface area contributed by atoms with Gasteiger partial charge in [0.15, 0.2) is 0 Å². The Labute approximate surface area is 134 Å². The number of rotatable bonds is 6. The molecule has 0 spiro atoms. The number of nitrogens with one attached hydrogen (secondary N) is 1. The summed E-state index contributed by atoms with van der Waals surface area (Å²) in [5.74, 6) is 1.11. The lowest BCUT2D eigenvalue weighted by atomic mass is 9.99. The maximum atomic E-state index is 12.1. The Morgan fingerprint density at radius 1 is 1.41 bits per heavy atom. The second-order valence-electron chi connectivity index (χ2n) is 5.31. The number of nitro benzene ring substituents is 1. The molecule has 1 N–H and O–H groups in total. The number of amides is 2. The minimum absolute atomic E-state index is 0.0815. The Hall–Kier alpha value is -1.76. The fourth-order valence-electron chi connectivity index (χ4n) is 2.51. The minimum atomic E-state index is -0.398. The Kier molecular flexibility index (Phi) is 6.06. The zero-order chi connectivity index (χ0) is 15.9. The van der Waals surface area contributed by atoms with E-state index >= 15 is 0 Å². The molecular weight excluding hydrogens is 302 g/mol. The van der Waals surface area contributed by atoms with Crippen LogP contribution in [0.1, 0.15) is 24.0 Å². The van der Waals surface area contributed by atoms with E-state index in [0.717, 1.165) is 36.1 Å². The van der Waals surface area contributed by atoms with Gasteiger partial charge < -0.3 is 10.2 Å². The number of hydrogen-bond donors (Lipinski definition) is 1. The lowest BCUT2D eigenvalue weighted by molar-refractivity contribution is -0.385. The maximum Gasteiger partial charge on any atom is 0.317 e. The summed E-state index contributed by atoms with van der Waals surface area (Å²) in [7, 11) is 0. The smallest absolute Gasteiger partial charge is 0.317 e. The highest BCUT2D eigenvalue weighted by atomic mass is 32.2. The number of nitro groups is 1. The molecule has 0 fully saturated rings. The van der Waals surface area contributed by atoms with Crippen molar-refractivity contribution < 1.29 is 9.72 Å². The predicted octanol–water partition coefficient (Wildman–Crippen LogP) is 2.81. The summed E-state index contributed by atoms with van der Waals surface area (Å²) in [5.41, 5.74) is 2.05. The average molecular weight is 323 g/mol. The standard InChI is InChI=1S/C15H21N3O3S/c1-22-9-3-2-7-16-15(19)17-8-6-12-4-5-14(18(20)21)10-13(12)11-17/h4-5,10H,2-3,6-9,11H2,1H3,(H,16,19). The van der Waals surface area contributed by atoms with Gasteiger partial charge >= 0.3 is 6.03 Å². The van der Waals surface area contributed by atoms with Gasteiger partial charge in [0.1, 0.15) is 0 Å². The summed E-state index contributed by atoms with van der Waals surface area (Å²) in [6.07, 6.45) is 4.88. The van der Waals surface area contributed by atoms with E-state index in [-0.39, 0.29) is 11.7 Å². The van der Waals surface area contributed by atoms with Crippen molar-refractivity contribution in [3.8, 4) is 0 Å². The first-order valence-corrected chi connectivity index (χ1v) is 8.79. The number of unbranched alkanes of at least 4 members (excludes halogenated alkanes) is 1. The molecule has 0 saturated carbocycles. The lowest BCUT2D eigenvalue weighted by Crippen LogP contribution is -2.43. The number of carbonyl (C=O) groups is 1. The van der Waals surface area contributed by atoms with Crippen molar-refractivity contribution in [2.24, 2.45) is 0 Å². The van der Waals surface area contributed by atoms with Gasteiger partial charge in [-0.15, -0.1) is 0 Å². The molecule has 0 saturated heterocycles. The molecule has 1 aliphatic heterocycles. The first-order valence-electron chi connectivity index (χ1n) is 7.39. The number of thioether (sulfide) groups is 1. The van der Waals surface area contributed by atoms with Crippen LogP contribution in [0.3, 0.4) is 0 Å². The van der Waals surface area contributed by atoms with Gasteiger partial charge in [0.25, 0.3) is 5.69 Å². The minimum Gasteiger partial charge on any atom is -0.338 e. The zero-order valence-electron chi connectivity index (χ0n) is 12.7. The zero-order valence-corrected chi connectivity index (χ0v) is 13.5. The molecule has 0 aromatic heterocycles. The van der Waals surface area contributed by atoms with Crippen molar-refractivity contribution in [1.82, 2.24) is 10.2 Å². The van der Waals surface area contributed by atoms with Gasteiger partial charge in [-0.1, -0.05) is 6.07 Å². The molecule has 0 atom stereocenters. The molecule has 1 aromatic rings.